The fraction of sp³-hybridized carbons (Fsp3) is 0.562. The van der Waals surface area contributed by atoms with Crippen molar-refractivity contribution in [1.29, 1.82) is 0 Å². The standard InChI is InChI=1S/C16H24N2O4.ClH/c1-10(13-9-12(20-3)5-6-14(13)21-4)18-16(19)15-11(2)22-8-7-17-15;/h5-6,9-11,15,17H,7-8H2,1-4H3,(H,18,19);1H/t10?,11-,15+;/m1./s1. The Morgan fingerprint density at radius 2 is 2.13 bits per heavy atom. The van der Waals surface area contributed by atoms with Crippen molar-refractivity contribution < 1.29 is 19.0 Å². The number of nitrogens with one attached hydrogen (secondary N) is 2. The van der Waals surface area contributed by atoms with Crippen molar-refractivity contribution in [2.75, 3.05) is 27.4 Å². The second-order valence-electron chi connectivity index (χ2n) is 5.35. The van der Waals surface area contributed by atoms with Gasteiger partial charge in [0.15, 0.2) is 0 Å². The maximum Gasteiger partial charge on any atom is 0.240 e. The quantitative estimate of drug-likeness (QED) is 0.850. The molecule has 1 amide bonds. The molecule has 0 aliphatic carbocycles. The predicted molar refractivity (Wildman–Crippen MR) is 90.6 cm³/mol. The van der Waals surface area contributed by atoms with E-state index in [2.05, 4.69) is 10.6 Å². The molecule has 23 heavy (non-hydrogen) atoms. The minimum atomic E-state index is -0.340. The number of halogens is 1. The molecular weight excluding hydrogens is 320 g/mol. The number of amides is 1. The topological polar surface area (TPSA) is 68.8 Å². The second-order valence-corrected chi connectivity index (χ2v) is 5.35. The molecule has 2 rings (SSSR count). The molecule has 1 aromatic carbocycles. The van der Waals surface area contributed by atoms with Gasteiger partial charge < -0.3 is 24.8 Å². The molecule has 3 atom stereocenters. The minimum Gasteiger partial charge on any atom is -0.497 e. The van der Waals surface area contributed by atoms with E-state index in [-0.39, 0.29) is 36.5 Å². The Balaban J connectivity index is 0.00000264. The Labute approximate surface area is 143 Å². The van der Waals surface area contributed by atoms with Crippen LogP contribution in [0.15, 0.2) is 18.2 Å². The first-order chi connectivity index (χ1) is 10.6. The summed E-state index contributed by atoms with van der Waals surface area (Å²) in [6.07, 6.45) is -0.145. The maximum absolute atomic E-state index is 12.4. The van der Waals surface area contributed by atoms with Crippen molar-refractivity contribution in [1.82, 2.24) is 10.6 Å². The van der Waals surface area contributed by atoms with Gasteiger partial charge in [-0.25, -0.2) is 0 Å². The third-order valence-electron chi connectivity index (χ3n) is 3.86. The van der Waals surface area contributed by atoms with E-state index in [0.717, 1.165) is 17.1 Å². The van der Waals surface area contributed by atoms with Crippen molar-refractivity contribution in [3.63, 3.8) is 0 Å². The highest BCUT2D eigenvalue weighted by Crippen LogP contribution is 2.29. The number of benzene rings is 1. The Morgan fingerprint density at radius 1 is 1.39 bits per heavy atom. The number of hydrogen-bond donors (Lipinski definition) is 2. The average molecular weight is 345 g/mol. The lowest BCUT2D eigenvalue weighted by Crippen LogP contribution is -2.55. The number of rotatable bonds is 5. The van der Waals surface area contributed by atoms with Gasteiger partial charge in [-0.3, -0.25) is 4.79 Å². The third-order valence-corrected chi connectivity index (χ3v) is 3.86. The van der Waals surface area contributed by atoms with Crippen LogP contribution < -0.4 is 20.1 Å². The fourth-order valence-electron chi connectivity index (χ4n) is 2.59. The molecule has 1 saturated heterocycles. The van der Waals surface area contributed by atoms with Gasteiger partial charge in [0.2, 0.25) is 5.91 Å². The first kappa shape index (κ1) is 19.5. The van der Waals surface area contributed by atoms with Crippen LogP contribution in [-0.2, 0) is 9.53 Å². The zero-order valence-electron chi connectivity index (χ0n) is 13.9. The van der Waals surface area contributed by atoms with Gasteiger partial charge in [0.05, 0.1) is 33.0 Å². The van der Waals surface area contributed by atoms with Crippen molar-refractivity contribution in [2.24, 2.45) is 0 Å². The van der Waals surface area contributed by atoms with Crippen LogP contribution in [0, 0.1) is 0 Å². The zero-order chi connectivity index (χ0) is 16.1. The highest BCUT2D eigenvalue weighted by molar-refractivity contribution is 5.85. The first-order valence-corrected chi connectivity index (χ1v) is 7.44. The molecule has 1 aliphatic rings. The largest absolute Gasteiger partial charge is 0.497 e. The summed E-state index contributed by atoms with van der Waals surface area (Å²) >= 11 is 0. The van der Waals surface area contributed by atoms with E-state index in [1.807, 2.05) is 32.0 Å². The number of hydrogen-bond acceptors (Lipinski definition) is 5. The molecule has 130 valence electrons. The molecule has 6 nitrogen and oxygen atoms in total. The van der Waals surface area contributed by atoms with E-state index in [1.54, 1.807) is 14.2 Å². The molecule has 0 spiro atoms. The normalized spacial score (nSPS) is 21.7. The lowest BCUT2D eigenvalue weighted by Gasteiger charge is -2.30. The van der Waals surface area contributed by atoms with Crippen LogP contribution in [0.3, 0.4) is 0 Å². The molecule has 1 fully saturated rings. The number of carbonyl (C=O) groups is 1. The molecule has 0 aromatic heterocycles. The molecule has 0 radical (unpaired) electrons. The summed E-state index contributed by atoms with van der Waals surface area (Å²) in [6.45, 7) is 5.13. The number of methoxy groups -OCH3 is 2. The molecule has 1 aromatic rings. The van der Waals surface area contributed by atoms with Crippen molar-refractivity contribution >= 4 is 18.3 Å². The maximum atomic E-state index is 12.4. The zero-order valence-corrected chi connectivity index (χ0v) is 14.7. The fourth-order valence-corrected chi connectivity index (χ4v) is 2.59. The lowest BCUT2D eigenvalue weighted by molar-refractivity contribution is -0.129. The Kier molecular flexibility index (Phi) is 7.61. The van der Waals surface area contributed by atoms with E-state index >= 15 is 0 Å². The van der Waals surface area contributed by atoms with Gasteiger partial charge in [-0.05, 0) is 32.0 Å². The van der Waals surface area contributed by atoms with Crippen LogP contribution in [0.1, 0.15) is 25.5 Å². The molecule has 1 unspecified atom stereocenters. The molecule has 7 heteroatoms. The second kappa shape index (κ2) is 8.96. The molecule has 0 saturated carbocycles. The molecule has 2 N–H and O–H groups in total. The van der Waals surface area contributed by atoms with E-state index in [1.165, 1.54) is 0 Å². The number of carbonyl (C=O) groups excluding carboxylic acids is 1. The number of morpholine rings is 1. The summed E-state index contributed by atoms with van der Waals surface area (Å²) in [6, 6.07) is 5.00. The van der Waals surface area contributed by atoms with Gasteiger partial charge in [0.1, 0.15) is 17.5 Å². The number of ether oxygens (including phenoxy) is 3. The van der Waals surface area contributed by atoms with E-state index < -0.39 is 0 Å². The van der Waals surface area contributed by atoms with E-state index in [9.17, 15) is 4.79 Å². The van der Waals surface area contributed by atoms with Gasteiger partial charge in [-0.2, -0.15) is 0 Å². The van der Waals surface area contributed by atoms with Gasteiger partial charge in [0.25, 0.3) is 0 Å². The Hall–Kier alpha value is -1.50. The molecule has 1 heterocycles. The lowest BCUT2D eigenvalue weighted by atomic mass is 10.0. The van der Waals surface area contributed by atoms with Gasteiger partial charge in [-0.1, -0.05) is 0 Å². The van der Waals surface area contributed by atoms with Crippen LogP contribution in [0.2, 0.25) is 0 Å². The highest BCUT2D eigenvalue weighted by atomic mass is 35.5. The van der Waals surface area contributed by atoms with Crippen LogP contribution in [0.5, 0.6) is 11.5 Å². The summed E-state index contributed by atoms with van der Waals surface area (Å²) in [5, 5.41) is 6.19. The first-order valence-electron chi connectivity index (χ1n) is 7.44. The average Bonchev–Trinajstić information content (AvgIpc) is 2.54. The summed E-state index contributed by atoms with van der Waals surface area (Å²) < 4.78 is 16.1. The van der Waals surface area contributed by atoms with Crippen LogP contribution in [-0.4, -0.2) is 45.4 Å². The molecule has 0 bridgehead atoms. The van der Waals surface area contributed by atoms with Crippen LogP contribution >= 0.6 is 12.4 Å². The van der Waals surface area contributed by atoms with E-state index in [0.29, 0.717) is 13.2 Å². The van der Waals surface area contributed by atoms with Gasteiger partial charge in [-0.15, -0.1) is 12.4 Å². The Bertz CT molecular complexity index is 527. The van der Waals surface area contributed by atoms with Crippen LogP contribution in [0.25, 0.3) is 0 Å². The SMILES string of the molecule is COc1ccc(OC)c(C(C)NC(=O)[C@H]2NCCO[C@@H]2C)c1.Cl. The van der Waals surface area contributed by atoms with Gasteiger partial charge in [0, 0.05) is 12.1 Å². The summed E-state index contributed by atoms with van der Waals surface area (Å²) in [4.78, 5) is 12.4. The smallest absolute Gasteiger partial charge is 0.240 e. The molecular formula is C16H25ClN2O4. The third kappa shape index (κ3) is 4.73. The molecule has 1 aliphatic heterocycles. The van der Waals surface area contributed by atoms with Gasteiger partial charge >= 0.3 is 0 Å². The van der Waals surface area contributed by atoms with Crippen LogP contribution in [0.4, 0.5) is 0 Å². The predicted octanol–water partition coefficient (Wildman–Crippen LogP) is 1.68. The highest BCUT2D eigenvalue weighted by Gasteiger charge is 2.29. The van der Waals surface area contributed by atoms with Crippen molar-refractivity contribution in [2.45, 2.75) is 32.0 Å². The monoisotopic (exact) mass is 344 g/mol. The summed E-state index contributed by atoms with van der Waals surface area (Å²) in [5.74, 6) is 1.36. The van der Waals surface area contributed by atoms with Crippen molar-refractivity contribution in [3.8, 4) is 11.5 Å². The van der Waals surface area contributed by atoms with E-state index in [4.69, 9.17) is 14.2 Å². The van der Waals surface area contributed by atoms with Crippen molar-refractivity contribution in [3.05, 3.63) is 23.8 Å². The summed E-state index contributed by atoms with van der Waals surface area (Å²) in [7, 11) is 3.22. The summed E-state index contributed by atoms with van der Waals surface area (Å²) in [5.41, 5.74) is 0.875. The minimum absolute atomic E-state index is 0. The Morgan fingerprint density at radius 3 is 2.74 bits per heavy atom.